The van der Waals surface area contributed by atoms with Gasteiger partial charge >= 0.3 is 0 Å². The maximum atomic E-state index is 9.21. The van der Waals surface area contributed by atoms with E-state index in [1.165, 1.54) is 5.56 Å². The van der Waals surface area contributed by atoms with Crippen LogP contribution in [-0.2, 0) is 11.2 Å². The molecule has 0 radical (unpaired) electrons. The van der Waals surface area contributed by atoms with E-state index in [0.717, 1.165) is 32.7 Å². The van der Waals surface area contributed by atoms with Crippen molar-refractivity contribution in [2.75, 3.05) is 26.3 Å². The highest BCUT2D eigenvalue weighted by atomic mass is 16.5. The van der Waals surface area contributed by atoms with Gasteiger partial charge in [-0.15, -0.1) is 0 Å². The topological polar surface area (TPSA) is 36.3 Å². The van der Waals surface area contributed by atoms with Crippen molar-refractivity contribution in [1.82, 2.24) is 4.90 Å². The number of ether oxygens (including phenoxy) is 1. The van der Waals surface area contributed by atoms with Crippen LogP contribution in [0.25, 0.3) is 0 Å². The molecule has 0 saturated carbocycles. The molecule has 2 rings (SSSR count). The molecule has 3 nitrogen and oxygen atoms in total. The van der Waals surface area contributed by atoms with Gasteiger partial charge in [0.2, 0.25) is 0 Å². The molecule has 1 aliphatic heterocycles. The Hall–Kier alpha value is -1.37. The average Bonchev–Trinajstić information content (AvgIpc) is 2.38. The number of hydrogen-bond acceptors (Lipinski definition) is 3. The van der Waals surface area contributed by atoms with E-state index < -0.39 is 0 Å². The Morgan fingerprint density at radius 1 is 1.25 bits per heavy atom. The first-order chi connectivity index (χ1) is 7.90. The van der Waals surface area contributed by atoms with Crippen LogP contribution in [0.15, 0.2) is 30.3 Å². The predicted molar refractivity (Wildman–Crippen MR) is 61.9 cm³/mol. The Kier molecular flexibility index (Phi) is 3.92. The summed E-state index contributed by atoms with van der Waals surface area (Å²) in [5.41, 5.74) is 1.22. The molecule has 1 saturated heterocycles. The highest BCUT2D eigenvalue weighted by Gasteiger charge is 2.20. The summed E-state index contributed by atoms with van der Waals surface area (Å²) < 4.78 is 5.29. The highest BCUT2D eigenvalue weighted by molar-refractivity contribution is 5.18. The summed E-state index contributed by atoms with van der Waals surface area (Å²) in [6.45, 7) is 3.22. The van der Waals surface area contributed by atoms with Crippen LogP contribution in [0.2, 0.25) is 0 Å². The minimum Gasteiger partial charge on any atom is -0.379 e. The van der Waals surface area contributed by atoms with E-state index in [-0.39, 0.29) is 6.04 Å². The second-order valence-electron chi connectivity index (χ2n) is 3.98. The van der Waals surface area contributed by atoms with Gasteiger partial charge in [0, 0.05) is 19.5 Å². The van der Waals surface area contributed by atoms with Gasteiger partial charge in [-0.25, -0.2) is 0 Å². The van der Waals surface area contributed by atoms with E-state index in [1.54, 1.807) is 0 Å². The molecule has 3 heteroatoms. The van der Waals surface area contributed by atoms with Gasteiger partial charge < -0.3 is 4.74 Å². The molecule has 1 atom stereocenters. The minimum absolute atomic E-state index is 0.0219. The van der Waals surface area contributed by atoms with E-state index in [1.807, 2.05) is 18.2 Å². The summed E-state index contributed by atoms with van der Waals surface area (Å²) in [5.74, 6) is 0. The lowest BCUT2D eigenvalue weighted by Crippen LogP contribution is -2.43. The van der Waals surface area contributed by atoms with Crippen LogP contribution in [0.5, 0.6) is 0 Å². The Morgan fingerprint density at radius 3 is 2.56 bits per heavy atom. The third-order valence-electron chi connectivity index (χ3n) is 2.91. The maximum Gasteiger partial charge on any atom is 0.102 e. The van der Waals surface area contributed by atoms with E-state index in [9.17, 15) is 5.26 Å². The second-order valence-corrected chi connectivity index (χ2v) is 3.98. The van der Waals surface area contributed by atoms with Crippen LogP contribution in [0, 0.1) is 11.3 Å². The minimum atomic E-state index is -0.0219. The summed E-state index contributed by atoms with van der Waals surface area (Å²) in [4.78, 5) is 2.20. The van der Waals surface area contributed by atoms with Gasteiger partial charge in [0.1, 0.15) is 6.04 Å². The quantitative estimate of drug-likeness (QED) is 0.767. The van der Waals surface area contributed by atoms with Crippen molar-refractivity contribution in [3.8, 4) is 6.07 Å². The molecule has 0 spiro atoms. The summed E-state index contributed by atoms with van der Waals surface area (Å²) >= 11 is 0. The third-order valence-corrected chi connectivity index (χ3v) is 2.91. The smallest absolute Gasteiger partial charge is 0.102 e. The van der Waals surface area contributed by atoms with Crippen LogP contribution < -0.4 is 0 Å². The summed E-state index contributed by atoms with van der Waals surface area (Å²) in [6.07, 6.45) is 0.803. The third kappa shape index (κ3) is 2.82. The van der Waals surface area contributed by atoms with Gasteiger partial charge in [-0.2, -0.15) is 5.26 Å². The number of nitrogens with zero attached hydrogens (tertiary/aromatic N) is 2. The molecule has 0 aromatic heterocycles. The Bertz CT molecular complexity index is 352. The lowest BCUT2D eigenvalue weighted by Gasteiger charge is -2.30. The Morgan fingerprint density at radius 2 is 1.94 bits per heavy atom. The van der Waals surface area contributed by atoms with Gasteiger partial charge in [0.05, 0.1) is 19.3 Å². The van der Waals surface area contributed by atoms with Gasteiger partial charge in [-0.3, -0.25) is 4.90 Å². The van der Waals surface area contributed by atoms with Crippen molar-refractivity contribution in [3.05, 3.63) is 35.9 Å². The number of benzene rings is 1. The molecule has 1 aliphatic rings. The van der Waals surface area contributed by atoms with Gasteiger partial charge in [-0.05, 0) is 5.56 Å². The summed E-state index contributed by atoms with van der Waals surface area (Å²) in [7, 11) is 0. The summed E-state index contributed by atoms with van der Waals surface area (Å²) in [5, 5.41) is 9.21. The fourth-order valence-electron chi connectivity index (χ4n) is 1.98. The highest BCUT2D eigenvalue weighted by Crippen LogP contribution is 2.10. The standard InChI is InChI=1S/C13H16N2O/c14-11-13(15-6-8-16-9-7-15)10-12-4-2-1-3-5-12/h1-5,13H,6-10H2/t13-/m1/s1. The van der Waals surface area contributed by atoms with Crippen molar-refractivity contribution in [3.63, 3.8) is 0 Å². The molecule has 1 aromatic rings. The van der Waals surface area contributed by atoms with Crippen LogP contribution >= 0.6 is 0 Å². The van der Waals surface area contributed by atoms with Crippen molar-refractivity contribution in [1.29, 1.82) is 5.26 Å². The fraction of sp³-hybridized carbons (Fsp3) is 0.462. The molecule has 1 fully saturated rings. The molecule has 1 heterocycles. The first-order valence-electron chi connectivity index (χ1n) is 5.65. The molecule has 0 amide bonds. The first kappa shape index (κ1) is 11.1. The zero-order chi connectivity index (χ0) is 11.2. The molecule has 0 unspecified atom stereocenters. The largest absolute Gasteiger partial charge is 0.379 e. The molecule has 16 heavy (non-hydrogen) atoms. The Labute approximate surface area is 96.2 Å². The molecular formula is C13H16N2O. The normalized spacial score (nSPS) is 18.9. The van der Waals surface area contributed by atoms with Crippen molar-refractivity contribution >= 4 is 0 Å². The SMILES string of the molecule is N#C[C@@H](Cc1ccccc1)N1CCOCC1. The van der Waals surface area contributed by atoms with Crippen LogP contribution in [0.3, 0.4) is 0 Å². The number of hydrogen-bond donors (Lipinski definition) is 0. The predicted octanol–water partition coefficient (Wildman–Crippen LogP) is 1.45. The van der Waals surface area contributed by atoms with Crippen LogP contribution in [0.4, 0.5) is 0 Å². The van der Waals surface area contributed by atoms with Gasteiger partial charge in [0.15, 0.2) is 0 Å². The lowest BCUT2D eigenvalue weighted by molar-refractivity contribution is 0.0270. The number of nitriles is 1. The average molecular weight is 216 g/mol. The fourth-order valence-corrected chi connectivity index (χ4v) is 1.98. The number of morpholine rings is 1. The van der Waals surface area contributed by atoms with E-state index in [0.29, 0.717) is 0 Å². The molecule has 84 valence electrons. The summed E-state index contributed by atoms with van der Waals surface area (Å²) in [6, 6.07) is 12.6. The second kappa shape index (κ2) is 5.64. The molecule has 0 bridgehead atoms. The number of rotatable bonds is 3. The van der Waals surface area contributed by atoms with Crippen LogP contribution in [-0.4, -0.2) is 37.2 Å². The first-order valence-corrected chi connectivity index (χ1v) is 5.65. The van der Waals surface area contributed by atoms with E-state index in [4.69, 9.17) is 4.74 Å². The molecular weight excluding hydrogens is 200 g/mol. The lowest BCUT2D eigenvalue weighted by atomic mass is 10.1. The van der Waals surface area contributed by atoms with E-state index >= 15 is 0 Å². The van der Waals surface area contributed by atoms with E-state index in [2.05, 4.69) is 23.1 Å². The van der Waals surface area contributed by atoms with Crippen molar-refractivity contribution in [2.45, 2.75) is 12.5 Å². The maximum absolute atomic E-state index is 9.21. The molecule has 0 aliphatic carbocycles. The van der Waals surface area contributed by atoms with Gasteiger partial charge in [-0.1, -0.05) is 30.3 Å². The zero-order valence-electron chi connectivity index (χ0n) is 9.30. The van der Waals surface area contributed by atoms with Gasteiger partial charge in [0.25, 0.3) is 0 Å². The van der Waals surface area contributed by atoms with Crippen LogP contribution in [0.1, 0.15) is 5.56 Å². The monoisotopic (exact) mass is 216 g/mol. The zero-order valence-corrected chi connectivity index (χ0v) is 9.30. The molecule has 1 aromatic carbocycles. The van der Waals surface area contributed by atoms with Crippen molar-refractivity contribution in [2.24, 2.45) is 0 Å². The van der Waals surface area contributed by atoms with Crippen molar-refractivity contribution < 1.29 is 4.74 Å². The molecule has 0 N–H and O–H groups in total. The Balaban J connectivity index is 1.98.